The highest BCUT2D eigenvalue weighted by Crippen LogP contribution is 2.34. The standard InChI is InChI=1S/C21H17NO6S/c1-13-7-9-14(10-8-13)20(25)28-16-6-4-3-5-15(16)11-17-19(24)22(21(26)29-17)12-18(23)27-2/h3-11H,12H2,1-2H3/b17-11-. The van der Waals surface area contributed by atoms with Crippen LogP contribution in [0.1, 0.15) is 21.5 Å². The Labute approximate surface area is 171 Å². The number of carbonyl (C=O) groups is 4. The molecule has 1 heterocycles. The molecule has 8 heteroatoms. The molecule has 1 saturated heterocycles. The molecule has 1 aliphatic heterocycles. The molecule has 0 atom stereocenters. The van der Waals surface area contributed by atoms with Gasteiger partial charge in [-0.3, -0.25) is 19.3 Å². The minimum Gasteiger partial charge on any atom is -0.468 e. The number of methoxy groups -OCH3 is 1. The van der Waals surface area contributed by atoms with Crippen molar-refractivity contribution in [1.82, 2.24) is 4.90 Å². The molecule has 29 heavy (non-hydrogen) atoms. The third-order valence-corrected chi connectivity index (χ3v) is 4.99. The number of esters is 2. The summed E-state index contributed by atoms with van der Waals surface area (Å²) in [5.41, 5.74) is 1.87. The van der Waals surface area contributed by atoms with E-state index in [9.17, 15) is 19.2 Å². The van der Waals surface area contributed by atoms with Crippen molar-refractivity contribution in [2.75, 3.05) is 13.7 Å². The minimum absolute atomic E-state index is 0.123. The van der Waals surface area contributed by atoms with E-state index in [-0.39, 0.29) is 10.7 Å². The molecule has 0 unspecified atom stereocenters. The Bertz CT molecular complexity index is 1010. The molecule has 0 bridgehead atoms. The number of hydrogen-bond donors (Lipinski definition) is 0. The molecule has 0 aromatic heterocycles. The van der Waals surface area contributed by atoms with Crippen LogP contribution in [-0.2, 0) is 14.3 Å². The highest BCUT2D eigenvalue weighted by molar-refractivity contribution is 8.18. The molecule has 2 aromatic carbocycles. The molecule has 7 nitrogen and oxygen atoms in total. The van der Waals surface area contributed by atoms with Crippen LogP contribution in [0.2, 0.25) is 0 Å². The lowest BCUT2D eigenvalue weighted by Gasteiger charge is -2.10. The molecular weight excluding hydrogens is 394 g/mol. The van der Waals surface area contributed by atoms with Gasteiger partial charge in [0.15, 0.2) is 0 Å². The lowest BCUT2D eigenvalue weighted by atomic mass is 10.1. The van der Waals surface area contributed by atoms with Crippen molar-refractivity contribution in [3.05, 3.63) is 70.1 Å². The maximum atomic E-state index is 12.5. The Morgan fingerprint density at radius 3 is 2.45 bits per heavy atom. The smallest absolute Gasteiger partial charge is 0.343 e. The van der Waals surface area contributed by atoms with Crippen molar-refractivity contribution in [1.29, 1.82) is 0 Å². The van der Waals surface area contributed by atoms with Crippen molar-refractivity contribution in [2.45, 2.75) is 6.92 Å². The largest absolute Gasteiger partial charge is 0.468 e. The summed E-state index contributed by atoms with van der Waals surface area (Å²) in [6, 6.07) is 13.6. The van der Waals surface area contributed by atoms with Gasteiger partial charge in [-0.15, -0.1) is 0 Å². The zero-order chi connectivity index (χ0) is 21.0. The number of para-hydroxylation sites is 1. The number of amides is 2. The van der Waals surface area contributed by atoms with E-state index in [0.29, 0.717) is 22.9 Å². The van der Waals surface area contributed by atoms with E-state index >= 15 is 0 Å². The van der Waals surface area contributed by atoms with Crippen molar-refractivity contribution < 1.29 is 28.7 Å². The summed E-state index contributed by atoms with van der Waals surface area (Å²) in [5, 5.41) is -0.569. The summed E-state index contributed by atoms with van der Waals surface area (Å²) in [4.78, 5) is 49.2. The van der Waals surface area contributed by atoms with Gasteiger partial charge >= 0.3 is 11.9 Å². The Hall–Kier alpha value is -3.39. The number of benzene rings is 2. The molecular formula is C21H17NO6S. The van der Waals surface area contributed by atoms with Gasteiger partial charge in [0.1, 0.15) is 12.3 Å². The molecule has 0 aliphatic carbocycles. The molecule has 1 aliphatic rings. The number of aryl methyl sites for hydroxylation is 1. The Morgan fingerprint density at radius 2 is 1.76 bits per heavy atom. The Kier molecular flexibility index (Phi) is 6.13. The maximum Gasteiger partial charge on any atom is 0.343 e. The highest BCUT2D eigenvalue weighted by Gasteiger charge is 2.36. The number of rotatable bonds is 5. The van der Waals surface area contributed by atoms with Gasteiger partial charge in [-0.1, -0.05) is 35.9 Å². The Morgan fingerprint density at radius 1 is 1.07 bits per heavy atom. The molecule has 1 fully saturated rings. The molecule has 2 amide bonds. The van der Waals surface area contributed by atoms with Gasteiger partial charge in [0.25, 0.3) is 11.1 Å². The summed E-state index contributed by atoms with van der Waals surface area (Å²) < 4.78 is 9.98. The third kappa shape index (κ3) is 4.72. The van der Waals surface area contributed by atoms with Crippen molar-refractivity contribution in [3.63, 3.8) is 0 Å². The number of nitrogens with zero attached hydrogens (tertiary/aromatic N) is 1. The predicted molar refractivity (Wildman–Crippen MR) is 107 cm³/mol. The van der Waals surface area contributed by atoms with Crippen LogP contribution in [0.3, 0.4) is 0 Å². The molecule has 3 rings (SSSR count). The molecule has 2 aromatic rings. The first kappa shape index (κ1) is 20.3. The second-order valence-electron chi connectivity index (χ2n) is 6.14. The van der Waals surface area contributed by atoms with Gasteiger partial charge in [-0.05, 0) is 43.0 Å². The van der Waals surface area contributed by atoms with Crippen LogP contribution in [0, 0.1) is 6.92 Å². The van der Waals surface area contributed by atoms with Gasteiger partial charge in [0.2, 0.25) is 0 Å². The SMILES string of the molecule is COC(=O)CN1C(=O)S/C(=C\c2ccccc2OC(=O)c2ccc(C)cc2)C1=O. The fraction of sp³-hybridized carbons (Fsp3) is 0.143. The van der Waals surface area contributed by atoms with E-state index in [1.165, 1.54) is 13.2 Å². The first-order chi connectivity index (χ1) is 13.9. The topological polar surface area (TPSA) is 90.0 Å². The van der Waals surface area contributed by atoms with Crippen LogP contribution in [0.5, 0.6) is 5.75 Å². The maximum absolute atomic E-state index is 12.5. The highest BCUT2D eigenvalue weighted by atomic mass is 32.2. The average Bonchev–Trinajstić information content (AvgIpc) is 2.97. The first-order valence-electron chi connectivity index (χ1n) is 8.59. The normalized spacial score (nSPS) is 15.0. The van der Waals surface area contributed by atoms with E-state index in [2.05, 4.69) is 4.74 Å². The fourth-order valence-corrected chi connectivity index (χ4v) is 3.34. The molecule has 0 spiro atoms. The van der Waals surface area contributed by atoms with Gasteiger partial charge < -0.3 is 9.47 Å². The number of imide groups is 1. The van der Waals surface area contributed by atoms with Crippen LogP contribution in [0.4, 0.5) is 4.79 Å². The van der Waals surface area contributed by atoms with Crippen LogP contribution in [0.25, 0.3) is 6.08 Å². The summed E-state index contributed by atoms with van der Waals surface area (Å²) in [6.07, 6.45) is 1.46. The first-order valence-corrected chi connectivity index (χ1v) is 9.40. The number of carbonyl (C=O) groups excluding carboxylic acids is 4. The molecule has 148 valence electrons. The van der Waals surface area contributed by atoms with Gasteiger partial charge in [-0.25, -0.2) is 4.79 Å². The molecule has 0 saturated carbocycles. The summed E-state index contributed by atoms with van der Waals surface area (Å²) in [6.45, 7) is 1.46. The van der Waals surface area contributed by atoms with Crippen molar-refractivity contribution >= 4 is 40.9 Å². The zero-order valence-electron chi connectivity index (χ0n) is 15.7. The second kappa shape index (κ2) is 8.74. The number of ether oxygens (including phenoxy) is 2. The summed E-state index contributed by atoms with van der Waals surface area (Å²) in [7, 11) is 1.18. The van der Waals surface area contributed by atoms with Gasteiger partial charge in [0, 0.05) is 5.56 Å². The van der Waals surface area contributed by atoms with E-state index < -0.39 is 29.6 Å². The van der Waals surface area contributed by atoms with Crippen LogP contribution >= 0.6 is 11.8 Å². The van der Waals surface area contributed by atoms with E-state index in [4.69, 9.17) is 4.74 Å². The summed E-state index contributed by atoms with van der Waals surface area (Å²) >= 11 is 0.705. The van der Waals surface area contributed by atoms with E-state index in [1.807, 2.05) is 6.92 Å². The van der Waals surface area contributed by atoms with E-state index in [1.54, 1.807) is 48.5 Å². The lowest BCUT2D eigenvalue weighted by molar-refractivity contribution is -0.143. The van der Waals surface area contributed by atoms with E-state index in [0.717, 1.165) is 10.5 Å². The number of thioether (sulfide) groups is 1. The lowest BCUT2D eigenvalue weighted by Crippen LogP contribution is -2.34. The Balaban J connectivity index is 1.83. The zero-order valence-corrected chi connectivity index (χ0v) is 16.5. The monoisotopic (exact) mass is 411 g/mol. The van der Waals surface area contributed by atoms with Crippen molar-refractivity contribution in [3.8, 4) is 5.75 Å². The predicted octanol–water partition coefficient (Wildman–Crippen LogP) is 3.42. The van der Waals surface area contributed by atoms with Crippen LogP contribution in [-0.4, -0.2) is 41.6 Å². The quantitative estimate of drug-likeness (QED) is 0.423. The van der Waals surface area contributed by atoms with Gasteiger partial charge in [0.05, 0.1) is 17.6 Å². The van der Waals surface area contributed by atoms with Crippen LogP contribution < -0.4 is 4.74 Å². The minimum atomic E-state index is -0.694. The van der Waals surface area contributed by atoms with Crippen molar-refractivity contribution in [2.24, 2.45) is 0 Å². The summed E-state index contributed by atoms with van der Waals surface area (Å²) in [5.74, 6) is -1.59. The molecule has 0 radical (unpaired) electrons. The third-order valence-electron chi connectivity index (χ3n) is 4.08. The van der Waals surface area contributed by atoms with Gasteiger partial charge in [-0.2, -0.15) is 0 Å². The average molecular weight is 411 g/mol. The second-order valence-corrected chi connectivity index (χ2v) is 7.13. The molecule has 0 N–H and O–H groups in total. The fourth-order valence-electron chi connectivity index (χ4n) is 2.51. The number of hydrogen-bond acceptors (Lipinski definition) is 7. The van der Waals surface area contributed by atoms with Crippen LogP contribution in [0.15, 0.2) is 53.4 Å².